The van der Waals surface area contributed by atoms with E-state index in [-0.39, 0.29) is 11.6 Å². The third kappa shape index (κ3) is 3.11. The molecular formula is C17H12BrN3O3. The van der Waals surface area contributed by atoms with E-state index in [9.17, 15) is 14.9 Å². The zero-order chi connectivity index (χ0) is 17.3. The number of benzene rings is 2. The van der Waals surface area contributed by atoms with Crippen molar-refractivity contribution in [2.75, 3.05) is 5.01 Å². The van der Waals surface area contributed by atoms with Gasteiger partial charge in [-0.3, -0.25) is 14.9 Å². The molecule has 0 radical (unpaired) electrons. The van der Waals surface area contributed by atoms with Gasteiger partial charge in [-0.05, 0) is 42.8 Å². The summed E-state index contributed by atoms with van der Waals surface area (Å²) >= 11 is 3.37. The number of nitro benzene ring substituents is 1. The lowest BCUT2D eigenvalue weighted by Crippen LogP contribution is -2.21. The molecule has 0 aliphatic carbocycles. The smallest absolute Gasteiger partial charge is 0.267 e. The van der Waals surface area contributed by atoms with Gasteiger partial charge in [0.1, 0.15) is 0 Å². The number of nitro groups is 1. The van der Waals surface area contributed by atoms with Crippen LogP contribution in [0, 0.1) is 10.1 Å². The highest BCUT2D eigenvalue weighted by molar-refractivity contribution is 9.10. The zero-order valence-electron chi connectivity index (χ0n) is 12.6. The van der Waals surface area contributed by atoms with E-state index < -0.39 is 4.92 Å². The first-order valence-electron chi connectivity index (χ1n) is 7.07. The predicted molar refractivity (Wildman–Crippen MR) is 95.8 cm³/mol. The summed E-state index contributed by atoms with van der Waals surface area (Å²) in [6.07, 6.45) is 1.78. The molecule has 0 N–H and O–H groups in total. The molecule has 120 valence electrons. The van der Waals surface area contributed by atoms with Crippen molar-refractivity contribution in [2.45, 2.75) is 6.92 Å². The molecule has 0 spiro atoms. The summed E-state index contributed by atoms with van der Waals surface area (Å²) in [6.45, 7) is 1.76. The van der Waals surface area contributed by atoms with E-state index in [0.717, 1.165) is 10.0 Å². The van der Waals surface area contributed by atoms with Crippen molar-refractivity contribution >= 4 is 45.0 Å². The summed E-state index contributed by atoms with van der Waals surface area (Å²) in [7, 11) is 0. The molecule has 0 saturated carbocycles. The molecular weight excluding hydrogens is 374 g/mol. The Morgan fingerprint density at radius 3 is 2.33 bits per heavy atom. The lowest BCUT2D eigenvalue weighted by molar-refractivity contribution is -0.384. The molecule has 1 amide bonds. The monoisotopic (exact) mass is 385 g/mol. The van der Waals surface area contributed by atoms with Gasteiger partial charge in [0.05, 0.1) is 21.9 Å². The largest absolute Gasteiger partial charge is 0.280 e. The van der Waals surface area contributed by atoms with Gasteiger partial charge in [0.25, 0.3) is 11.6 Å². The lowest BCUT2D eigenvalue weighted by atomic mass is 10.1. The highest BCUT2D eigenvalue weighted by Crippen LogP contribution is 2.26. The van der Waals surface area contributed by atoms with E-state index in [0.29, 0.717) is 17.0 Å². The molecule has 0 fully saturated rings. The number of carbonyl (C=O) groups is 1. The Bertz CT molecular complexity index is 871. The molecule has 0 unspecified atom stereocenters. The van der Waals surface area contributed by atoms with Gasteiger partial charge in [0.2, 0.25) is 0 Å². The fourth-order valence-electron chi connectivity index (χ4n) is 2.30. The van der Waals surface area contributed by atoms with Crippen molar-refractivity contribution in [2.24, 2.45) is 5.10 Å². The Kier molecular flexibility index (Phi) is 4.26. The third-order valence-electron chi connectivity index (χ3n) is 3.55. The number of halogens is 1. The highest BCUT2D eigenvalue weighted by atomic mass is 79.9. The first-order chi connectivity index (χ1) is 11.5. The first-order valence-corrected chi connectivity index (χ1v) is 7.87. The van der Waals surface area contributed by atoms with Crippen LogP contribution in [0.15, 0.2) is 63.7 Å². The molecule has 0 atom stereocenters. The summed E-state index contributed by atoms with van der Waals surface area (Å²) in [5.41, 5.74) is 2.44. The molecule has 24 heavy (non-hydrogen) atoms. The van der Waals surface area contributed by atoms with Crippen molar-refractivity contribution in [1.29, 1.82) is 0 Å². The van der Waals surface area contributed by atoms with Crippen LogP contribution in [0.25, 0.3) is 6.08 Å². The number of nitrogens with zero attached hydrogens (tertiary/aromatic N) is 3. The van der Waals surface area contributed by atoms with Crippen LogP contribution in [0.3, 0.4) is 0 Å². The molecule has 3 rings (SSSR count). The van der Waals surface area contributed by atoms with Crippen LogP contribution >= 0.6 is 15.9 Å². The SMILES string of the molecule is CC1=NN(c2ccc([N+](=O)[O-])cc2)C(=O)/C1=C\c1ccc(Br)cc1. The van der Waals surface area contributed by atoms with Crippen LogP contribution < -0.4 is 5.01 Å². The molecule has 2 aromatic carbocycles. The van der Waals surface area contributed by atoms with Crippen LogP contribution in [-0.2, 0) is 4.79 Å². The van der Waals surface area contributed by atoms with E-state index in [4.69, 9.17) is 0 Å². The molecule has 0 bridgehead atoms. The van der Waals surface area contributed by atoms with E-state index in [1.807, 2.05) is 24.3 Å². The molecule has 0 saturated heterocycles. The maximum absolute atomic E-state index is 12.6. The third-order valence-corrected chi connectivity index (χ3v) is 4.08. The summed E-state index contributed by atoms with van der Waals surface area (Å²) in [5, 5.41) is 16.2. The van der Waals surface area contributed by atoms with E-state index >= 15 is 0 Å². The van der Waals surface area contributed by atoms with Crippen LogP contribution in [0.5, 0.6) is 0 Å². The van der Waals surface area contributed by atoms with Crippen LogP contribution in [0.4, 0.5) is 11.4 Å². The Morgan fingerprint density at radius 1 is 1.12 bits per heavy atom. The highest BCUT2D eigenvalue weighted by Gasteiger charge is 2.28. The lowest BCUT2D eigenvalue weighted by Gasteiger charge is -2.11. The second-order valence-corrected chi connectivity index (χ2v) is 6.10. The minimum Gasteiger partial charge on any atom is -0.267 e. The zero-order valence-corrected chi connectivity index (χ0v) is 14.2. The molecule has 1 aliphatic heterocycles. The van der Waals surface area contributed by atoms with Gasteiger partial charge < -0.3 is 0 Å². The summed E-state index contributed by atoms with van der Waals surface area (Å²) in [4.78, 5) is 22.8. The standard InChI is InChI=1S/C17H12BrN3O3/c1-11-16(10-12-2-4-13(18)5-3-12)17(22)20(19-11)14-6-8-15(9-7-14)21(23)24/h2-10H,1H3/b16-10-. The topological polar surface area (TPSA) is 75.8 Å². The van der Waals surface area contributed by atoms with Crippen molar-refractivity contribution in [3.63, 3.8) is 0 Å². The average molecular weight is 386 g/mol. The molecule has 1 heterocycles. The van der Waals surface area contributed by atoms with E-state index in [1.54, 1.807) is 13.0 Å². The summed E-state index contributed by atoms with van der Waals surface area (Å²) in [5.74, 6) is -0.260. The first kappa shape index (κ1) is 16.1. The van der Waals surface area contributed by atoms with Gasteiger partial charge in [-0.1, -0.05) is 28.1 Å². The fraction of sp³-hybridized carbons (Fsp3) is 0.0588. The number of amides is 1. The van der Waals surface area contributed by atoms with Crippen molar-refractivity contribution in [1.82, 2.24) is 0 Å². The van der Waals surface area contributed by atoms with E-state index in [2.05, 4.69) is 21.0 Å². The quantitative estimate of drug-likeness (QED) is 0.452. The van der Waals surface area contributed by atoms with E-state index in [1.165, 1.54) is 29.3 Å². The number of hydrogen-bond donors (Lipinski definition) is 0. The van der Waals surface area contributed by atoms with Gasteiger partial charge in [-0.15, -0.1) is 0 Å². The minimum atomic E-state index is -0.483. The number of carbonyl (C=O) groups excluding carboxylic acids is 1. The number of anilines is 1. The summed E-state index contributed by atoms with van der Waals surface area (Å²) in [6, 6.07) is 13.3. The van der Waals surface area contributed by atoms with Gasteiger partial charge in [0, 0.05) is 16.6 Å². The molecule has 0 aromatic heterocycles. The fourth-order valence-corrected chi connectivity index (χ4v) is 2.56. The number of hydrogen-bond acceptors (Lipinski definition) is 4. The van der Waals surface area contributed by atoms with Crippen molar-refractivity contribution in [3.05, 3.63) is 74.3 Å². The normalized spacial score (nSPS) is 15.8. The molecule has 2 aromatic rings. The molecule has 1 aliphatic rings. The van der Waals surface area contributed by atoms with Crippen LogP contribution in [0.1, 0.15) is 12.5 Å². The number of non-ortho nitro benzene ring substituents is 1. The van der Waals surface area contributed by atoms with Crippen molar-refractivity contribution < 1.29 is 9.72 Å². The second kappa shape index (κ2) is 6.37. The predicted octanol–water partition coefficient (Wildman–Crippen LogP) is 4.16. The molecule has 7 heteroatoms. The van der Waals surface area contributed by atoms with Gasteiger partial charge in [0.15, 0.2) is 0 Å². The number of hydrazone groups is 1. The van der Waals surface area contributed by atoms with Gasteiger partial charge in [-0.2, -0.15) is 10.1 Å². The Labute approximate surface area is 146 Å². The van der Waals surface area contributed by atoms with Crippen LogP contribution in [-0.4, -0.2) is 16.5 Å². The Morgan fingerprint density at radius 2 is 1.75 bits per heavy atom. The Hall–Kier alpha value is -2.80. The maximum Gasteiger partial charge on any atom is 0.280 e. The van der Waals surface area contributed by atoms with Gasteiger partial charge >= 0.3 is 0 Å². The maximum atomic E-state index is 12.6. The second-order valence-electron chi connectivity index (χ2n) is 5.19. The minimum absolute atomic E-state index is 0.0308. The number of rotatable bonds is 3. The van der Waals surface area contributed by atoms with Crippen LogP contribution in [0.2, 0.25) is 0 Å². The molecule has 6 nitrogen and oxygen atoms in total. The average Bonchev–Trinajstić information content (AvgIpc) is 2.85. The Balaban J connectivity index is 1.90. The van der Waals surface area contributed by atoms with Crippen molar-refractivity contribution in [3.8, 4) is 0 Å². The summed E-state index contributed by atoms with van der Waals surface area (Å²) < 4.78 is 0.959. The van der Waals surface area contributed by atoms with Gasteiger partial charge in [-0.25, -0.2) is 0 Å².